The molecule has 3 radical (unpaired) electrons. The minimum atomic E-state index is -4.85. The molecule has 3 saturated carbocycles. The third kappa shape index (κ3) is 26.4. The summed E-state index contributed by atoms with van der Waals surface area (Å²) >= 11 is 0. The molecule has 3 heterocycles. The van der Waals surface area contributed by atoms with E-state index in [1.54, 1.807) is 30.3 Å². The molecule has 6 fully saturated rings. The van der Waals surface area contributed by atoms with Crippen molar-refractivity contribution in [2.45, 2.75) is 170 Å². The van der Waals surface area contributed by atoms with Crippen molar-refractivity contribution in [2.24, 2.45) is 17.8 Å². The summed E-state index contributed by atoms with van der Waals surface area (Å²) in [7, 11) is 1.00. The van der Waals surface area contributed by atoms with Gasteiger partial charge in [-0.05, 0) is 188 Å². The number of halogens is 18. The SMILES string of the molecule is C.CO.O=C(CN1CCC[C@@H](COc2ccc(C(F)(F)F)cc2)C1)C1(c2ccccc2OC(F)(F)F)CCC1.O[C@@H](CN1CCC[C@@H](COc2ccc(C(F)(F)F)cc2)C1)C1(c2ccccc2OC(F)(F)F)CCC1.O[C@H](CN1CCC[C@@H](COc2ccc(C(F)(F)F)cc2)C1)C1(c2ccccc2OC(F)(F)F)CCC1.[B].[H-].[Na+]. The summed E-state index contributed by atoms with van der Waals surface area (Å²) in [5.41, 5.74) is -3.79. The first-order chi connectivity index (χ1) is 51.9. The van der Waals surface area contributed by atoms with Crippen molar-refractivity contribution in [2.75, 3.05) is 85.8 Å². The van der Waals surface area contributed by atoms with E-state index in [9.17, 15) is 94.0 Å². The number of piperidine rings is 3. The number of likely N-dealkylation sites (tertiary alicyclic amines) is 3. The summed E-state index contributed by atoms with van der Waals surface area (Å²) in [5, 5.41) is 29.5. The number of aliphatic hydroxyl groups is 3. The minimum absolute atomic E-state index is 0. The van der Waals surface area contributed by atoms with Crippen molar-refractivity contribution in [1.29, 1.82) is 0 Å². The van der Waals surface area contributed by atoms with Crippen LogP contribution >= 0.6 is 0 Å². The second-order valence-corrected chi connectivity index (χ2v) is 28.8. The molecule has 0 bridgehead atoms. The number of ether oxygens (including phenoxy) is 6. The third-order valence-corrected chi connectivity index (χ3v) is 21.5. The van der Waals surface area contributed by atoms with Crippen LogP contribution in [0.2, 0.25) is 0 Å². The van der Waals surface area contributed by atoms with E-state index in [0.29, 0.717) is 126 Å². The Morgan fingerprint density at radius 1 is 0.416 bits per heavy atom. The van der Waals surface area contributed by atoms with E-state index in [4.69, 9.17) is 19.3 Å². The number of nitrogens with zero attached hydrogens (tertiary/aromatic N) is 3. The first-order valence-corrected chi connectivity index (χ1v) is 36.4. The zero-order chi connectivity index (χ0) is 79.9. The number of alkyl halides is 18. The number of para-hydroxylation sites is 3. The standard InChI is InChI=1S/2C26H29F6NO3.C26H27F6NO3.CH4O.CH4.B.Na.H/c3*27-25(28,29)19-8-10-20(11-9-19)35-17-18-5-3-14-33(15-18)16-23(34)24(12-4-13-24)21-6-1-2-7-22(21)36-26(30,31)32;1-2;;;;/h2*1-2,6-11,18,23,34H,3-5,12-17H2;1-2,6-11,18H,3-5,12-17H2;2H,1H3;1H4;;;/q;;;;;;+1;-1/t18-,23+;18-,23-;18-;;;;;/m111...../s1. The summed E-state index contributed by atoms with van der Waals surface area (Å²) in [5.74, 6) is 0.353. The van der Waals surface area contributed by atoms with Crippen LogP contribution in [0.4, 0.5) is 79.0 Å². The van der Waals surface area contributed by atoms with Gasteiger partial charge in [-0.15, -0.1) is 39.5 Å². The first kappa shape index (κ1) is 95.2. The zero-order valence-electron chi connectivity index (χ0n) is 62.8. The van der Waals surface area contributed by atoms with E-state index < -0.39 is 82.8 Å². The molecule has 6 aliphatic rings. The van der Waals surface area contributed by atoms with Crippen LogP contribution in [-0.2, 0) is 39.6 Å². The van der Waals surface area contributed by atoms with Gasteiger partial charge in [0.05, 0.1) is 60.7 Å². The molecular weight excluding hydrogens is 1540 g/mol. The molecule has 3 saturated heterocycles. The van der Waals surface area contributed by atoms with Gasteiger partial charge in [-0.25, -0.2) is 0 Å². The summed E-state index contributed by atoms with van der Waals surface area (Å²) in [6.45, 7) is 5.62. The summed E-state index contributed by atoms with van der Waals surface area (Å²) in [6.07, 6.45) is -18.8. The third-order valence-electron chi connectivity index (χ3n) is 21.5. The normalized spacial score (nSPS) is 20.2. The van der Waals surface area contributed by atoms with Gasteiger partial charge in [0, 0.05) is 93.5 Å². The maximum absolute atomic E-state index is 13.4. The maximum atomic E-state index is 13.4. The van der Waals surface area contributed by atoms with Crippen LogP contribution in [0.3, 0.4) is 0 Å². The van der Waals surface area contributed by atoms with Gasteiger partial charge in [0.2, 0.25) is 0 Å². The van der Waals surface area contributed by atoms with E-state index in [0.717, 1.165) is 114 Å². The molecule has 12 rings (SSSR count). The molecule has 3 aliphatic carbocycles. The molecule has 0 amide bonds. The van der Waals surface area contributed by atoms with Crippen molar-refractivity contribution in [3.8, 4) is 34.5 Å². The number of β-amino-alcohol motifs (C(OH)–C–C–N with tert-alkyl or cyclic N) is 2. The Morgan fingerprint density at radius 2 is 0.690 bits per heavy atom. The molecule has 5 atom stereocenters. The second-order valence-electron chi connectivity index (χ2n) is 28.8. The largest absolute Gasteiger partial charge is 1.00 e. The number of aliphatic hydroxyl groups excluding tert-OH is 3. The molecule has 33 heteroatoms. The van der Waals surface area contributed by atoms with E-state index in [1.165, 1.54) is 78.9 Å². The number of benzene rings is 6. The van der Waals surface area contributed by atoms with Gasteiger partial charge in [0.1, 0.15) is 34.5 Å². The van der Waals surface area contributed by atoms with E-state index in [1.807, 2.05) is 4.90 Å². The number of rotatable bonds is 24. The average Bonchev–Trinajstić information content (AvgIpc) is 0.760. The molecule has 0 spiro atoms. The van der Waals surface area contributed by atoms with E-state index in [2.05, 4.69) is 24.0 Å². The molecule has 6 aromatic carbocycles. The van der Waals surface area contributed by atoms with Crippen LogP contribution in [0.5, 0.6) is 34.5 Å². The predicted molar refractivity (Wildman–Crippen MR) is 383 cm³/mol. The number of hydrogen-bond donors (Lipinski definition) is 3. The Balaban J connectivity index is 0.000000297. The Morgan fingerprint density at radius 3 is 0.965 bits per heavy atom. The minimum Gasteiger partial charge on any atom is -1.00 e. The molecule has 3 N–H and O–H groups in total. The van der Waals surface area contributed by atoms with Crippen molar-refractivity contribution < 1.29 is 159 Å². The van der Waals surface area contributed by atoms with E-state index in [-0.39, 0.29) is 99.7 Å². The van der Waals surface area contributed by atoms with Crippen molar-refractivity contribution in [1.82, 2.24) is 14.7 Å². The fraction of sp³-hybridized carbons (Fsp3) is 0.537. The van der Waals surface area contributed by atoms with Crippen LogP contribution in [0.15, 0.2) is 146 Å². The number of Topliss-reactive ketones (excluding diaryl/α,β-unsaturated/α-hetero) is 1. The van der Waals surface area contributed by atoms with Crippen molar-refractivity contribution >= 4 is 14.2 Å². The molecule has 0 unspecified atom stereocenters. The number of carbonyl (C=O) groups is 1. The molecular formula is C80H94BF18N3NaO10. The quantitative estimate of drug-likeness (QED) is 0.0391. The van der Waals surface area contributed by atoms with Gasteiger partial charge in [-0.1, -0.05) is 81.3 Å². The number of hydrogen-bond acceptors (Lipinski definition) is 13. The fourth-order valence-electron chi connectivity index (χ4n) is 15.6. The van der Waals surface area contributed by atoms with Crippen LogP contribution in [0, 0.1) is 17.8 Å². The topological polar surface area (TPSA) is 143 Å². The van der Waals surface area contributed by atoms with Crippen LogP contribution < -0.4 is 58.0 Å². The van der Waals surface area contributed by atoms with E-state index >= 15 is 0 Å². The summed E-state index contributed by atoms with van der Waals surface area (Å²) in [6, 6.07) is 31.5. The Hall–Kier alpha value is -6.65. The summed E-state index contributed by atoms with van der Waals surface area (Å²) in [4.78, 5) is 19.6. The molecule has 113 heavy (non-hydrogen) atoms. The van der Waals surface area contributed by atoms with Crippen LogP contribution in [-0.4, -0.2) is 161 Å². The van der Waals surface area contributed by atoms with Gasteiger partial charge in [0.25, 0.3) is 0 Å². The van der Waals surface area contributed by atoms with Crippen LogP contribution in [0.1, 0.15) is 139 Å². The second kappa shape index (κ2) is 41.0. The summed E-state index contributed by atoms with van der Waals surface area (Å²) < 4.78 is 261. The van der Waals surface area contributed by atoms with Gasteiger partial charge in [0.15, 0.2) is 5.78 Å². The van der Waals surface area contributed by atoms with Crippen LogP contribution in [0.25, 0.3) is 0 Å². The molecule has 3 aliphatic heterocycles. The maximum Gasteiger partial charge on any atom is 1.00 e. The van der Waals surface area contributed by atoms with Crippen molar-refractivity contribution in [3.05, 3.63) is 179 Å². The Kier molecular flexibility index (Phi) is 34.5. The molecule has 619 valence electrons. The molecule has 13 nitrogen and oxygen atoms in total. The van der Waals surface area contributed by atoms with Gasteiger partial charge < -0.3 is 55.0 Å². The average molecular weight is 1630 g/mol. The number of ketones is 1. The molecule has 6 aromatic rings. The van der Waals surface area contributed by atoms with Gasteiger partial charge in [-0.2, -0.15) is 39.5 Å². The van der Waals surface area contributed by atoms with Crippen molar-refractivity contribution in [3.63, 3.8) is 0 Å². The van der Waals surface area contributed by atoms with Gasteiger partial charge >= 0.3 is 67.2 Å². The first-order valence-electron chi connectivity index (χ1n) is 36.4. The smallest absolute Gasteiger partial charge is 1.00 e. The Labute approximate surface area is 670 Å². The number of carbonyl (C=O) groups excluding carboxylic acids is 1. The monoisotopic (exact) mass is 1630 g/mol. The Bertz CT molecular complexity index is 3710. The fourth-order valence-corrected chi connectivity index (χ4v) is 15.6. The zero-order valence-corrected chi connectivity index (χ0v) is 63.8. The predicted octanol–water partition coefficient (Wildman–Crippen LogP) is 15.7. The molecule has 0 aromatic heterocycles. The van der Waals surface area contributed by atoms with Gasteiger partial charge in [-0.3, -0.25) is 9.69 Å².